The van der Waals surface area contributed by atoms with Crippen molar-refractivity contribution in [1.29, 1.82) is 0 Å². The highest BCUT2D eigenvalue weighted by atomic mass is 16.3. The number of hydrogen-bond donors (Lipinski definition) is 3. The number of amides is 1. The minimum absolute atomic E-state index is 0.0738. The average Bonchev–Trinajstić information content (AvgIpc) is 3.10. The smallest absolute Gasteiger partial charge is 0.233 e. The van der Waals surface area contributed by atoms with Gasteiger partial charge in [0.2, 0.25) is 5.91 Å². The van der Waals surface area contributed by atoms with Crippen molar-refractivity contribution in [3.8, 4) is 0 Å². The van der Waals surface area contributed by atoms with E-state index in [0.717, 1.165) is 31.7 Å². The predicted octanol–water partition coefficient (Wildman–Crippen LogP) is 0.901. The molecule has 4 nitrogen and oxygen atoms in total. The van der Waals surface area contributed by atoms with Crippen molar-refractivity contribution in [2.45, 2.75) is 39.0 Å². The molecular weight excluding hydrogens is 216 g/mol. The molecule has 100 valence electrons. The minimum Gasteiger partial charge on any atom is -0.396 e. The number of hydrogen-bond acceptors (Lipinski definition) is 3. The molecule has 1 aliphatic carbocycles. The van der Waals surface area contributed by atoms with Gasteiger partial charge in [-0.2, -0.15) is 0 Å². The van der Waals surface area contributed by atoms with Gasteiger partial charge in [0.25, 0.3) is 0 Å². The highest BCUT2D eigenvalue weighted by molar-refractivity contribution is 5.77. The first-order valence-corrected chi connectivity index (χ1v) is 6.84. The fourth-order valence-electron chi connectivity index (χ4n) is 1.97. The van der Waals surface area contributed by atoms with Crippen LogP contribution in [0.2, 0.25) is 0 Å². The molecule has 1 fully saturated rings. The Morgan fingerprint density at radius 3 is 2.76 bits per heavy atom. The molecule has 1 saturated carbocycles. The van der Waals surface area contributed by atoms with E-state index in [1.54, 1.807) is 0 Å². The van der Waals surface area contributed by atoms with Gasteiger partial charge in [-0.25, -0.2) is 0 Å². The van der Waals surface area contributed by atoms with Crippen molar-refractivity contribution in [3.63, 3.8) is 0 Å². The molecule has 0 aromatic heterocycles. The number of aliphatic hydroxyl groups is 1. The molecule has 4 heteroatoms. The summed E-state index contributed by atoms with van der Waals surface area (Å²) in [7, 11) is 0. The van der Waals surface area contributed by atoms with Gasteiger partial charge in [-0.05, 0) is 44.1 Å². The van der Waals surface area contributed by atoms with Crippen LogP contribution in [0.5, 0.6) is 0 Å². The highest BCUT2D eigenvalue weighted by Gasteiger charge is 2.20. The second-order valence-corrected chi connectivity index (χ2v) is 5.05. The lowest BCUT2D eigenvalue weighted by Crippen LogP contribution is -2.37. The van der Waals surface area contributed by atoms with E-state index in [-0.39, 0.29) is 12.5 Å². The summed E-state index contributed by atoms with van der Waals surface area (Å²) in [4.78, 5) is 11.5. The average molecular weight is 242 g/mol. The van der Waals surface area contributed by atoms with Crippen LogP contribution >= 0.6 is 0 Å². The van der Waals surface area contributed by atoms with Crippen LogP contribution < -0.4 is 10.6 Å². The van der Waals surface area contributed by atoms with Gasteiger partial charge in [-0.15, -0.1) is 0 Å². The highest BCUT2D eigenvalue weighted by Crippen LogP contribution is 2.27. The van der Waals surface area contributed by atoms with E-state index in [0.29, 0.717) is 19.0 Å². The molecule has 0 radical (unpaired) electrons. The molecular formula is C13H26N2O2. The fourth-order valence-corrected chi connectivity index (χ4v) is 1.97. The maximum absolute atomic E-state index is 11.5. The topological polar surface area (TPSA) is 61.4 Å². The molecule has 1 amide bonds. The maximum Gasteiger partial charge on any atom is 0.233 e. The van der Waals surface area contributed by atoms with Gasteiger partial charge in [0.15, 0.2) is 0 Å². The quantitative estimate of drug-likeness (QED) is 0.533. The van der Waals surface area contributed by atoms with Gasteiger partial charge in [-0.3, -0.25) is 4.79 Å². The zero-order chi connectivity index (χ0) is 12.5. The molecule has 1 unspecified atom stereocenters. The number of carbonyl (C=O) groups excluding carboxylic acids is 1. The molecule has 1 atom stereocenters. The normalized spacial score (nSPS) is 16.8. The summed E-state index contributed by atoms with van der Waals surface area (Å²) in [6, 6.07) is 0. The SMILES string of the molecule is CCCC(CCO)CNC(=O)CNCC1CC1. The predicted molar refractivity (Wildman–Crippen MR) is 68.7 cm³/mol. The van der Waals surface area contributed by atoms with Crippen LogP contribution in [0.4, 0.5) is 0 Å². The minimum atomic E-state index is 0.0738. The van der Waals surface area contributed by atoms with Crippen LogP contribution in [-0.2, 0) is 4.79 Å². The van der Waals surface area contributed by atoms with E-state index < -0.39 is 0 Å². The Kier molecular flexibility index (Phi) is 7.21. The number of rotatable bonds is 10. The molecule has 1 rings (SSSR count). The lowest BCUT2D eigenvalue weighted by atomic mass is 10.0. The summed E-state index contributed by atoms with van der Waals surface area (Å²) in [5, 5.41) is 15.0. The van der Waals surface area contributed by atoms with Gasteiger partial charge in [0.05, 0.1) is 6.54 Å². The zero-order valence-electron chi connectivity index (χ0n) is 10.9. The summed E-state index contributed by atoms with van der Waals surface area (Å²) in [5.41, 5.74) is 0. The molecule has 0 spiro atoms. The van der Waals surface area contributed by atoms with E-state index in [1.165, 1.54) is 12.8 Å². The number of nitrogens with one attached hydrogen (secondary N) is 2. The standard InChI is InChI=1S/C13H26N2O2/c1-2-3-11(6-7-16)9-15-13(17)10-14-8-12-4-5-12/h11-12,14,16H,2-10H2,1H3,(H,15,17). The second kappa shape index (κ2) is 8.48. The van der Waals surface area contributed by atoms with Crippen LogP contribution in [0.1, 0.15) is 39.0 Å². The summed E-state index contributed by atoms with van der Waals surface area (Å²) in [5.74, 6) is 1.30. The van der Waals surface area contributed by atoms with Gasteiger partial charge < -0.3 is 15.7 Å². The maximum atomic E-state index is 11.5. The summed E-state index contributed by atoms with van der Waals surface area (Å²) in [6.07, 6.45) is 5.56. The Labute approximate surface area is 104 Å². The summed E-state index contributed by atoms with van der Waals surface area (Å²) >= 11 is 0. The largest absolute Gasteiger partial charge is 0.396 e. The first-order chi connectivity index (χ1) is 8.26. The van der Waals surface area contributed by atoms with Crippen LogP contribution in [-0.4, -0.2) is 37.3 Å². The van der Waals surface area contributed by atoms with Crippen molar-refractivity contribution in [3.05, 3.63) is 0 Å². The van der Waals surface area contributed by atoms with Gasteiger partial charge in [0, 0.05) is 13.2 Å². The Morgan fingerprint density at radius 2 is 2.18 bits per heavy atom. The molecule has 3 N–H and O–H groups in total. The Hall–Kier alpha value is -0.610. The van der Waals surface area contributed by atoms with Crippen LogP contribution in [0.3, 0.4) is 0 Å². The molecule has 0 bridgehead atoms. The van der Waals surface area contributed by atoms with Crippen molar-refractivity contribution < 1.29 is 9.90 Å². The van der Waals surface area contributed by atoms with E-state index in [1.807, 2.05) is 0 Å². The third kappa shape index (κ3) is 7.34. The molecule has 0 aliphatic heterocycles. The third-order valence-electron chi connectivity index (χ3n) is 3.24. The first kappa shape index (κ1) is 14.5. The van der Waals surface area contributed by atoms with Crippen molar-refractivity contribution in [1.82, 2.24) is 10.6 Å². The van der Waals surface area contributed by atoms with Gasteiger partial charge >= 0.3 is 0 Å². The molecule has 0 heterocycles. The Balaban J connectivity index is 2.02. The lowest BCUT2D eigenvalue weighted by Gasteiger charge is -2.15. The van der Waals surface area contributed by atoms with Gasteiger partial charge in [-0.1, -0.05) is 13.3 Å². The van der Waals surface area contributed by atoms with Crippen LogP contribution in [0, 0.1) is 11.8 Å². The van der Waals surface area contributed by atoms with E-state index >= 15 is 0 Å². The number of carbonyl (C=O) groups is 1. The van der Waals surface area contributed by atoms with Crippen LogP contribution in [0.15, 0.2) is 0 Å². The van der Waals surface area contributed by atoms with E-state index in [2.05, 4.69) is 17.6 Å². The van der Waals surface area contributed by atoms with Crippen molar-refractivity contribution >= 4 is 5.91 Å². The lowest BCUT2D eigenvalue weighted by molar-refractivity contribution is -0.120. The zero-order valence-corrected chi connectivity index (χ0v) is 10.9. The molecule has 0 aromatic carbocycles. The molecule has 1 aliphatic rings. The second-order valence-electron chi connectivity index (χ2n) is 5.05. The fraction of sp³-hybridized carbons (Fsp3) is 0.923. The molecule has 0 aromatic rings. The molecule has 0 saturated heterocycles. The monoisotopic (exact) mass is 242 g/mol. The Morgan fingerprint density at radius 1 is 1.41 bits per heavy atom. The summed E-state index contributed by atoms with van der Waals surface area (Å²) < 4.78 is 0. The van der Waals surface area contributed by atoms with Crippen molar-refractivity contribution in [2.75, 3.05) is 26.2 Å². The van der Waals surface area contributed by atoms with Crippen LogP contribution in [0.25, 0.3) is 0 Å². The summed E-state index contributed by atoms with van der Waals surface area (Å²) in [6.45, 7) is 4.43. The van der Waals surface area contributed by atoms with Crippen molar-refractivity contribution in [2.24, 2.45) is 11.8 Å². The van der Waals surface area contributed by atoms with E-state index in [4.69, 9.17) is 5.11 Å². The molecule has 17 heavy (non-hydrogen) atoms. The van der Waals surface area contributed by atoms with E-state index in [9.17, 15) is 4.79 Å². The third-order valence-corrected chi connectivity index (χ3v) is 3.24. The Bertz CT molecular complexity index is 211. The van der Waals surface area contributed by atoms with Gasteiger partial charge in [0.1, 0.15) is 0 Å². The number of aliphatic hydroxyl groups excluding tert-OH is 1. The first-order valence-electron chi connectivity index (χ1n) is 6.84.